The molecule has 1 heterocycles. The van der Waals surface area contributed by atoms with E-state index in [0.29, 0.717) is 6.61 Å². The second-order valence-electron chi connectivity index (χ2n) is 3.84. The third-order valence-electron chi connectivity index (χ3n) is 2.55. The van der Waals surface area contributed by atoms with Crippen LogP contribution in [-0.4, -0.2) is 9.97 Å². The van der Waals surface area contributed by atoms with E-state index in [9.17, 15) is 4.39 Å². The van der Waals surface area contributed by atoms with Crippen molar-refractivity contribution in [3.05, 3.63) is 47.4 Å². The van der Waals surface area contributed by atoms with Crippen LogP contribution in [0.2, 0.25) is 0 Å². The highest BCUT2D eigenvalue weighted by atomic mass is 19.1. The summed E-state index contributed by atoms with van der Waals surface area (Å²) < 4.78 is 18.2. The Morgan fingerprint density at radius 3 is 2.50 bits per heavy atom. The van der Waals surface area contributed by atoms with E-state index >= 15 is 0 Å². The van der Waals surface area contributed by atoms with Gasteiger partial charge in [0.05, 0.1) is 6.20 Å². The number of nitrogen functional groups attached to an aromatic ring is 1. The van der Waals surface area contributed by atoms with Gasteiger partial charge in [-0.1, -0.05) is 31.2 Å². The lowest BCUT2D eigenvalue weighted by atomic mass is 10.1. The van der Waals surface area contributed by atoms with Gasteiger partial charge in [-0.25, -0.2) is 9.37 Å². The monoisotopic (exact) mass is 247 g/mol. The minimum absolute atomic E-state index is 0.0773. The van der Waals surface area contributed by atoms with Crippen LogP contribution in [0.1, 0.15) is 18.1 Å². The highest BCUT2D eigenvalue weighted by Crippen LogP contribution is 2.12. The smallest absolute Gasteiger partial charge is 0.318 e. The molecule has 5 heteroatoms. The maximum atomic E-state index is 12.8. The highest BCUT2D eigenvalue weighted by molar-refractivity contribution is 5.29. The van der Waals surface area contributed by atoms with Gasteiger partial charge in [-0.05, 0) is 17.5 Å². The van der Waals surface area contributed by atoms with Crippen molar-refractivity contribution in [2.24, 2.45) is 0 Å². The third-order valence-corrected chi connectivity index (χ3v) is 2.55. The average molecular weight is 247 g/mol. The number of aromatic nitrogens is 2. The Balaban J connectivity index is 1.99. The minimum Gasteiger partial charge on any atom is -0.459 e. The first-order valence-corrected chi connectivity index (χ1v) is 5.67. The maximum Gasteiger partial charge on any atom is 0.318 e. The van der Waals surface area contributed by atoms with E-state index < -0.39 is 5.82 Å². The zero-order valence-electron chi connectivity index (χ0n) is 10.1. The van der Waals surface area contributed by atoms with Crippen molar-refractivity contribution in [1.29, 1.82) is 0 Å². The van der Waals surface area contributed by atoms with Crippen LogP contribution in [0.25, 0.3) is 0 Å². The number of ether oxygens (including phenoxy) is 1. The van der Waals surface area contributed by atoms with E-state index in [1.165, 1.54) is 5.56 Å². The summed E-state index contributed by atoms with van der Waals surface area (Å²) in [5.74, 6) is -0.851. The molecule has 0 bridgehead atoms. The van der Waals surface area contributed by atoms with Gasteiger partial charge < -0.3 is 10.5 Å². The molecule has 0 saturated carbocycles. The van der Waals surface area contributed by atoms with Crippen LogP contribution in [0.4, 0.5) is 10.2 Å². The number of halogens is 1. The first-order valence-electron chi connectivity index (χ1n) is 5.67. The number of nitrogens with zero attached hydrogens (tertiary/aromatic N) is 2. The fourth-order valence-corrected chi connectivity index (χ4v) is 1.45. The van der Waals surface area contributed by atoms with Crippen LogP contribution in [-0.2, 0) is 13.0 Å². The molecule has 94 valence electrons. The Morgan fingerprint density at radius 1 is 1.22 bits per heavy atom. The summed E-state index contributed by atoms with van der Waals surface area (Å²) in [4.78, 5) is 7.39. The van der Waals surface area contributed by atoms with Crippen molar-refractivity contribution in [2.75, 3.05) is 5.73 Å². The van der Waals surface area contributed by atoms with Crippen molar-refractivity contribution in [2.45, 2.75) is 20.0 Å². The predicted octanol–water partition coefficient (Wildman–Crippen LogP) is 2.34. The van der Waals surface area contributed by atoms with Crippen LogP contribution < -0.4 is 10.5 Å². The number of hydrogen-bond donors (Lipinski definition) is 1. The van der Waals surface area contributed by atoms with E-state index in [4.69, 9.17) is 10.5 Å². The molecule has 18 heavy (non-hydrogen) atoms. The van der Waals surface area contributed by atoms with Gasteiger partial charge in [0.2, 0.25) is 0 Å². The summed E-state index contributed by atoms with van der Waals surface area (Å²) in [6, 6.07) is 8.11. The van der Waals surface area contributed by atoms with Crippen molar-refractivity contribution in [3.8, 4) is 6.01 Å². The number of rotatable bonds is 4. The lowest BCUT2D eigenvalue weighted by Crippen LogP contribution is -2.03. The molecule has 0 aliphatic carbocycles. The number of anilines is 1. The van der Waals surface area contributed by atoms with Gasteiger partial charge in [0.1, 0.15) is 6.61 Å². The molecule has 0 atom stereocenters. The molecule has 0 fully saturated rings. The molecule has 1 aromatic carbocycles. The molecule has 0 aliphatic heterocycles. The molecule has 2 rings (SSSR count). The molecule has 0 aliphatic rings. The Morgan fingerprint density at radius 2 is 1.89 bits per heavy atom. The zero-order valence-corrected chi connectivity index (χ0v) is 10.1. The summed E-state index contributed by atoms with van der Waals surface area (Å²) in [7, 11) is 0. The van der Waals surface area contributed by atoms with Crippen LogP contribution in [0, 0.1) is 5.82 Å². The van der Waals surface area contributed by atoms with Crippen LogP contribution in [0.15, 0.2) is 30.5 Å². The summed E-state index contributed by atoms with van der Waals surface area (Å²) in [6.45, 7) is 2.43. The number of hydrogen-bond acceptors (Lipinski definition) is 4. The highest BCUT2D eigenvalue weighted by Gasteiger charge is 2.04. The average Bonchev–Trinajstić information content (AvgIpc) is 2.41. The number of aryl methyl sites for hydroxylation is 1. The van der Waals surface area contributed by atoms with Crippen LogP contribution in [0.5, 0.6) is 6.01 Å². The molecule has 4 nitrogen and oxygen atoms in total. The molecule has 1 aromatic heterocycles. The Hall–Kier alpha value is -2.17. The number of benzene rings is 1. The summed E-state index contributed by atoms with van der Waals surface area (Å²) >= 11 is 0. The van der Waals surface area contributed by atoms with Gasteiger partial charge in [-0.15, -0.1) is 0 Å². The van der Waals surface area contributed by atoms with Gasteiger partial charge in [0.15, 0.2) is 11.6 Å². The SMILES string of the molecule is CCc1ccc(COc2ncc(F)c(N)n2)cc1. The summed E-state index contributed by atoms with van der Waals surface area (Å²) in [5, 5.41) is 0. The Labute approximate surface area is 105 Å². The zero-order chi connectivity index (χ0) is 13.0. The van der Waals surface area contributed by atoms with E-state index in [1.54, 1.807) is 0 Å². The summed E-state index contributed by atoms with van der Waals surface area (Å²) in [6.07, 6.45) is 2.00. The minimum atomic E-state index is -0.644. The van der Waals surface area contributed by atoms with Crippen LogP contribution >= 0.6 is 0 Å². The Kier molecular flexibility index (Phi) is 3.72. The van der Waals surface area contributed by atoms with Gasteiger partial charge in [-0.2, -0.15) is 4.98 Å². The van der Waals surface area contributed by atoms with Gasteiger partial charge >= 0.3 is 6.01 Å². The fourth-order valence-electron chi connectivity index (χ4n) is 1.45. The van der Waals surface area contributed by atoms with E-state index in [0.717, 1.165) is 18.2 Å². The van der Waals surface area contributed by atoms with Gasteiger partial charge in [-0.3, -0.25) is 0 Å². The van der Waals surface area contributed by atoms with E-state index in [-0.39, 0.29) is 11.8 Å². The molecule has 0 spiro atoms. The molecular formula is C13H14FN3O. The standard InChI is InChI=1S/C13H14FN3O/c1-2-9-3-5-10(6-4-9)8-18-13-16-7-11(14)12(15)17-13/h3-7H,2,8H2,1H3,(H2,15,16,17). The molecule has 2 aromatic rings. The van der Waals surface area contributed by atoms with Crippen molar-refractivity contribution in [3.63, 3.8) is 0 Å². The molecular weight excluding hydrogens is 233 g/mol. The van der Waals surface area contributed by atoms with E-state index in [1.807, 2.05) is 24.3 Å². The second-order valence-corrected chi connectivity index (χ2v) is 3.84. The largest absolute Gasteiger partial charge is 0.459 e. The number of nitrogens with two attached hydrogens (primary N) is 1. The molecule has 2 N–H and O–H groups in total. The maximum absolute atomic E-state index is 12.8. The van der Waals surface area contributed by atoms with Crippen molar-refractivity contribution in [1.82, 2.24) is 9.97 Å². The lowest BCUT2D eigenvalue weighted by Gasteiger charge is -2.05. The molecule has 0 amide bonds. The Bertz CT molecular complexity index is 528. The summed E-state index contributed by atoms with van der Waals surface area (Å²) in [5.41, 5.74) is 7.58. The van der Waals surface area contributed by atoms with Gasteiger partial charge in [0, 0.05) is 0 Å². The normalized spacial score (nSPS) is 10.3. The third kappa shape index (κ3) is 2.94. The fraction of sp³-hybridized carbons (Fsp3) is 0.231. The molecule has 0 unspecified atom stereocenters. The van der Waals surface area contributed by atoms with Crippen LogP contribution in [0.3, 0.4) is 0 Å². The van der Waals surface area contributed by atoms with Crippen molar-refractivity contribution < 1.29 is 9.13 Å². The molecule has 0 radical (unpaired) electrons. The lowest BCUT2D eigenvalue weighted by molar-refractivity contribution is 0.280. The van der Waals surface area contributed by atoms with Crippen molar-refractivity contribution >= 4 is 5.82 Å². The first kappa shape index (κ1) is 12.3. The second kappa shape index (κ2) is 5.44. The topological polar surface area (TPSA) is 61.0 Å². The van der Waals surface area contributed by atoms with E-state index in [2.05, 4.69) is 16.9 Å². The van der Waals surface area contributed by atoms with Gasteiger partial charge in [0.25, 0.3) is 0 Å². The predicted molar refractivity (Wildman–Crippen MR) is 66.6 cm³/mol. The quantitative estimate of drug-likeness (QED) is 0.900. The molecule has 0 saturated heterocycles. The first-order chi connectivity index (χ1) is 8.69.